The third-order valence-electron chi connectivity index (χ3n) is 4.09. The lowest BCUT2D eigenvalue weighted by atomic mass is 10.1. The third kappa shape index (κ3) is 2.97. The molecule has 5 heteroatoms. The van der Waals surface area contributed by atoms with Crippen LogP contribution in [-0.4, -0.2) is 51.9 Å². The third-order valence-corrected chi connectivity index (χ3v) is 4.09. The number of rotatable bonds is 3. The van der Waals surface area contributed by atoms with Gasteiger partial charge in [0.2, 0.25) is 0 Å². The first kappa shape index (κ1) is 13.8. The minimum atomic E-state index is 0.0881. The van der Waals surface area contributed by atoms with Crippen molar-refractivity contribution in [2.45, 2.75) is 13.0 Å². The van der Waals surface area contributed by atoms with E-state index in [1.54, 1.807) is 6.20 Å². The summed E-state index contributed by atoms with van der Waals surface area (Å²) < 4.78 is 0. The number of aromatic nitrogens is 2. The monoisotopic (exact) mass is 284 g/mol. The van der Waals surface area contributed by atoms with Gasteiger partial charge in [-0.3, -0.25) is 14.7 Å². The van der Waals surface area contributed by atoms with Crippen molar-refractivity contribution >= 4 is 5.91 Å². The van der Waals surface area contributed by atoms with E-state index in [-0.39, 0.29) is 11.9 Å². The van der Waals surface area contributed by atoms with Gasteiger partial charge in [0, 0.05) is 44.6 Å². The van der Waals surface area contributed by atoms with E-state index in [0.29, 0.717) is 5.69 Å². The van der Waals surface area contributed by atoms with E-state index in [4.69, 9.17) is 0 Å². The quantitative estimate of drug-likeness (QED) is 0.937. The van der Waals surface area contributed by atoms with Crippen LogP contribution in [0.15, 0.2) is 42.7 Å². The highest BCUT2D eigenvalue weighted by molar-refractivity contribution is 5.92. The predicted octanol–water partition coefficient (Wildman–Crippen LogP) is 1.93. The van der Waals surface area contributed by atoms with Gasteiger partial charge in [0.05, 0.1) is 5.69 Å². The Kier molecular flexibility index (Phi) is 4.01. The minimum absolute atomic E-state index is 0.0881. The van der Waals surface area contributed by atoms with Gasteiger partial charge in [0.1, 0.15) is 5.69 Å². The van der Waals surface area contributed by atoms with Crippen LogP contribution in [0.2, 0.25) is 0 Å². The van der Waals surface area contributed by atoms with E-state index in [2.05, 4.69) is 27.9 Å². The van der Waals surface area contributed by atoms with Gasteiger partial charge in [-0.2, -0.15) is 0 Å². The Bertz CT molecular complexity index is 574. The second-order valence-electron chi connectivity index (χ2n) is 5.34. The average Bonchev–Trinajstić information content (AvgIpc) is 3.09. The van der Waals surface area contributed by atoms with Gasteiger partial charge in [-0.05, 0) is 31.2 Å². The summed E-state index contributed by atoms with van der Waals surface area (Å²) >= 11 is 0. The molecule has 2 aromatic rings. The number of carbonyl (C=O) groups is 1. The molecule has 0 unspecified atom stereocenters. The van der Waals surface area contributed by atoms with Crippen molar-refractivity contribution in [1.82, 2.24) is 19.8 Å². The smallest absolute Gasteiger partial charge is 0.270 e. The van der Waals surface area contributed by atoms with Crippen molar-refractivity contribution < 1.29 is 4.79 Å². The van der Waals surface area contributed by atoms with Crippen molar-refractivity contribution in [2.24, 2.45) is 0 Å². The number of nitrogens with one attached hydrogen (secondary N) is 1. The highest BCUT2D eigenvalue weighted by Crippen LogP contribution is 2.20. The molecule has 0 spiro atoms. The molecule has 0 aliphatic carbocycles. The summed E-state index contributed by atoms with van der Waals surface area (Å²) in [6.07, 6.45) is 3.61. The van der Waals surface area contributed by atoms with E-state index in [1.165, 1.54) is 0 Å². The van der Waals surface area contributed by atoms with Gasteiger partial charge < -0.3 is 9.88 Å². The van der Waals surface area contributed by atoms with Crippen LogP contribution in [-0.2, 0) is 0 Å². The molecule has 1 fully saturated rings. The SMILES string of the molecule is C[C@@H](c1ccccn1)N1CCN(C(=O)c2ccc[nH]2)CC1. The molecule has 1 aliphatic rings. The molecule has 0 aromatic carbocycles. The maximum absolute atomic E-state index is 12.3. The molecular weight excluding hydrogens is 264 g/mol. The summed E-state index contributed by atoms with van der Waals surface area (Å²) in [5.41, 5.74) is 1.75. The van der Waals surface area contributed by atoms with Gasteiger partial charge >= 0.3 is 0 Å². The van der Waals surface area contributed by atoms with Gasteiger partial charge in [-0.15, -0.1) is 0 Å². The highest BCUT2D eigenvalue weighted by Gasteiger charge is 2.25. The molecule has 1 saturated heterocycles. The van der Waals surface area contributed by atoms with Gasteiger partial charge in [-0.1, -0.05) is 6.07 Å². The Morgan fingerprint density at radius 1 is 1.19 bits per heavy atom. The first-order valence-corrected chi connectivity index (χ1v) is 7.33. The number of carbonyl (C=O) groups excluding carboxylic acids is 1. The number of hydrogen-bond donors (Lipinski definition) is 1. The number of pyridine rings is 1. The Hall–Kier alpha value is -2.14. The Labute approximate surface area is 124 Å². The lowest BCUT2D eigenvalue weighted by Gasteiger charge is -2.37. The van der Waals surface area contributed by atoms with Crippen molar-refractivity contribution in [3.8, 4) is 0 Å². The summed E-state index contributed by atoms with van der Waals surface area (Å²) in [4.78, 5) is 24.0. The Morgan fingerprint density at radius 2 is 2.00 bits per heavy atom. The molecule has 1 amide bonds. The van der Waals surface area contributed by atoms with Crippen LogP contribution in [0.5, 0.6) is 0 Å². The molecule has 3 heterocycles. The van der Waals surface area contributed by atoms with Crippen LogP contribution in [0, 0.1) is 0 Å². The standard InChI is InChI=1S/C16H20N4O/c1-13(14-5-2-3-7-17-14)19-9-11-20(12-10-19)16(21)15-6-4-8-18-15/h2-8,13,18H,9-12H2,1H3/t13-/m0/s1. The number of aromatic amines is 1. The van der Waals surface area contributed by atoms with Crippen molar-refractivity contribution in [2.75, 3.05) is 26.2 Å². The van der Waals surface area contributed by atoms with Crippen molar-refractivity contribution in [3.05, 3.63) is 54.1 Å². The second kappa shape index (κ2) is 6.10. The van der Waals surface area contributed by atoms with Crippen LogP contribution in [0.25, 0.3) is 0 Å². The lowest BCUT2D eigenvalue weighted by Crippen LogP contribution is -2.49. The second-order valence-corrected chi connectivity index (χ2v) is 5.34. The minimum Gasteiger partial charge on any atom is -0.357 e. The molecule has 1 aliphatic heterocycles. The number of H-pyrrole nitrogens is 1. The van der Waals surface area contributed by atoms with Gasteiger partial charge in [0.25, 0.3) is 5.91 Å². The Morgan fingerprint density at radius 3 is 2.62 bits per heavy atom. The molecule has 5 nitrogen and oxygen atoms in total. The average molecular weight is 284 g/mol. The van der Waals surface area contributed by atoms with Crippen molar-refractivity contribution in [3.63, 3.8) is 0 Å². The first-order chi connectivity index (χ1) is 10.3. The molecule has 0 bridgehead atoms. The summed E-state index contributed by atoms with van der Waals surface area (Å²) in [7, 11) is 0. The fourth-order valence-electron chi connectivity index (χ4n) is 2.76. The largest absolute Gasteiger partial charge is 0.357 e. The van der Waals surface area contributed by atoms with E-state index < -0.39 is 0 Å². The maximum Gasteiger partial charge on any atom is 0.270 e. The topological polar surface area (TPSA) is 52.2 Å². The fourth-order valence-corrected chi connectivity index (χ4v) is 2.76. The number of nitrogens with zero attached hydrogens (tertiary/aromatic N) is 3. The molecule has 110 valence electrons. The van der Waals surface area contributed by atoms with Crippen LogP contribution < -0.4 is 0 Å². The van der Waals surface area contributed by atoms with Gasteiger partial charge in [0.15, 0.2) is 0 Å². The Balaban J connectivity index is 1.59. The van der Waals surface area contributed by atoms with E-state index in [1.807, 2.05) is 35.4 Å². The molecule has 0 radical (unpaired) electrons. The molecule has 1 N–H and O–H groups in total. The molecule has 21 heavy (non-hydrogen) atoms. The van der Waals surface area contributed by atoms with Crippen molar-refractivity contribution in [1.29, 1.82) is 0 Å². The molecule has 0 saturated carbocycles. The molecular formula is C16H20N4O. The summed E-state index contributed by atoms with van der Waals surface area (Å²) in [6, 6.07) is 9.97. The van der Waals surface area contributed by atoms with E-state index in [9.17, 15) is 4.79 Å². The highest BCUT2D eigenvalue weighted by atomic mass is 16.2. The zero-order chi connectivity index (χ0) is 14.7. The van der Waals surface area contributed by atoms with Crippen LogP contribution >= 0.6 is 0 Å². The van der Waals surface area contributed by atoms with Crippen LogP contribution in [0.4, 0.5) is 0 Å². The van der Waals surface area contributed by atoms with Gasteiger partial charge in [-0.25, -0.2) is 0 Å². The zero-order valence-corrected chi connectivity index (χ0v) is 12.2. The number of amides is 1. The molecule has 1 atom stereocenters. The van der Waals surface area contributed by atoms with Crippen LogP contribution in [0.1, 0.15) is 29.1 Å². The fraction of sp³-hybridized carbons (Fsp3) is 0.375. The molecule has 2 aromatic heterocycles. The molecule has 3 rings (SSSR count). The number of piperazine rings is 1. The normalized spacial score (nSPS) is 17.7. The maximum atomic E-state index is 12.3. The first-order valence-electron chi connectivity index (χ1n) is 7.33. The van der Waals surface area contributed by atoms with Crippen LogP contribution in [0.3, 0.4) is 0 Å². The van der Waals surface area contributed by atoms with E-state index >= 15 is 0 Å². The summed E-state index contributed by atoms with van der Waals surface area (Å²) in [5, 5.41) is 0. The van der Waals surface area contributed by atoms with E-state index in [0.717, 1.165) is 31.9 Å². The predicted molar refractivity (Wildman–Crippen MR) is 80.9 cm³/mol. The lowest BCUT2D eigenvalue weighted by molar-refractivity contribution is 0.0574. The summed E-state index contributed by atoms with van der Waals surface area (Å²) in [5.74, 6) is 0.0881. The zero-order valence-electron chi connectivity index (χ0n) is 12.2. The number of hydrogen-bond acceptors (Lipinski definition) is 3. The summed E-state index contributed by atoms with van der Waals surface area (Å²) in [6.45, 7) is 5.45.